The Morgan fingerprint density at radius 1 is 1.47 bits per heavy atom. The SMILES string of the molecule is CC(=O)NC(CS)C(=O)Nc1nc(C)c(C)s1. The lowest BCUT2D eigenvalue weighted by atomic mass is 10.3. The van der Waals surface area contributed by atoms with Crippen LogP contribution in [0.15, 0.2) is 0 Å². The monoisotopic (exact) mass is 273 g/mol. The molecule has 0 radical (unpaired) electrons. The molecule has 0 spiro atoms. The molecular formula is C10H15N3O2S2. The molecule has 0 aromatic carbocycles. The fourth-order valence-corrected chi connectivity index (χ4v) is 2.23. The summed E-state index contributed by atoms with van der Waals surface area (Å²) in [4.78, 5) is 27.9. The highest BCUT2D eigenvalue weighted by Gasteiger charge is 2.19. The lowest BCUT2D eigenvalue weighted by Crippen LogP contribution is -2.44. The van der Waals surface area contributed by atoms with Gasteiger partial charge in [0, 0.05) is 17.6 Å². The van der Waals surface area contributed by atoms with Gasteiger partial charge in [0.1, 0.15) is 6.04 Å². The molecule has 0 bridgehead atoms. The summed E-state index contributed by atoms with van der Waals surface area (Å²) in [5, 5.41) is 5.73. The first-order valence-electron chi connectivity index (χ1n) is 5.07. The van der Waals surface area contributed by atoms with Crippen LogP contribution in [-0.4, -0.2) is 28.6 Å². The number of hydrogen-bond acceptors (Lipinski definition) is 5. The number of thiol groups is 1. The molecule has 0 saturated heterocycles. The van der Waals surface area contributed by atoms with E-state index < -0.39 is 6.04 Å². The number of hydrogen-bond donors (Lipinski definition) is 3. The normalized spacial score (nSPS) is 12.0. The summed E-state index contributed by atoms with van der Waals surface area (Å²) in [5.41, 5.74) is 0.896. The number of carbonyl (C=O) groups excluding carboxylic acids is 2. The van der Waals surface area contributed by atoms with Gasteiger partial charge in [0.25, 0.3) is 0 Å². The first kappa shape index (κ1) is 14.0. The maximum Gasteiger partial charge on any atom is 0.249 e. The zero-order chi connectivity index (χ0) is 13.0. The maximum absolute atomic E-state index is 11.8. The van der Waals surface area contributed by atoms with Gasteiger partial charge in [0.05, 0.1) is 5.69 Å². The molecule has 5 nitrogen and oxygen atoms in total. The van der Waals surface area contributed by atoms with Crippen molar-refractivity contribution in [2.24, 2.45) is 0 Å². The quantitative estimate of drug-likeness (QED) is 0.720. The Labute approximate surface area is 109 Å². The number of anilines is 1. The molecule has 0 aliphatic carbocycles. The summed E-state index contributed by atoms with van der Waals surface area (Å²) in [7, 11) is 0. The average Bonchev–Trinajstić information content (AvgIpc) is 2.54. The van der Waals surface area contributed by atoms with Crippen molar-refractivity contribution >= 4 is 40.9 Å². The van der Waals surface area contributed by atoms with E-state index in [2.05, 4.69) is 28.2 Å². The molecule has 7 heteroatoms. The van der Waals surface area contributed by atoms with Gasteiger partial charge < -0.3 is 10.6 Å². The third-order valence-corrected chi connectivity index (χ3v) is 3.49. The maximum atomic E-state index is 11.8. The lowest BCUT2D eigenvalue weighted by molar-refractivity contribution is -0.124. The predicted octanol–water partition coefficient (Wildman–Crippen LogP) is 1.13. The van der Waals surface area contributed by atoms with Gasteiger partial charge in [0.2, 0.25) is 11.8 Å². The van der Waals surface area contributed by atoms with Crippen molar-refractivity contribution in [1.82, 2.24) is 10.3 Å². The van der Waals surface area contributed by atoms with Crippen LogP contribution in [0.3, 0.4) is 0 Å². The number of thiazole rings is 1. The van der Waals surface area contributed by atoms with Crippen LogP contribution in [0.1, 0.15) is 17.5 Å². The molecule has 1 aromatic heterocycles. The highest BCUT2D eigenvalue weighted by molar-refractivity contribution is 7.80. The van der Waals surface area contributed by atoms with Gasteiger partial charge in [-0.3, -0.25) is 9.59 Å². The van der Waals surface area contributed by atoms with Crippen molar-refractivity contribution in [3.63, 3.8) is 0 Å². The van der Waals surface area contributed by atoms with Crippen molar-refractivity contribution in [3.8, 4) is 0 Å². The molecule has 0 saturated carbocycles. The predicted molar refractivity (Wildman–Crippen MR) is 71.7 cm³/mol. The lowest BCUT2D eigenvalue weighted by Gasteiger charge is -2.13. The highest BCUT2D eigenvalue weighted by atomic mass is 32.1. The topological polar surface area (TPSA) is 71.1 Å². The zero-order valence-electron chi connectivity index (χ0n) is 9.90. The summed E-state index contributed by atoms with van der Waals surface area (Å²) in [6.45, 7) is 5.18. The van der Waals surface area contributed by atoms with Crippen molar-refractivity contribution in [3.05, 3.63) is 10.6 Å². The second-order valence-corrected chi connectivity index (χ2v) is 5.15. The van der Waals surface area contributed by atoms with Gasteiger partial charge in [-0.2, -0.15) is 12.6 Å². The number of aryl methyl sites for hydroxylation is 2. The Kier molecular flexibility index (Phi) is 4.95. The fourth-order valence-electron chi connectivity index (χ4n) is 1.16. The minimum atomic E-state index is -0.639. The third-order valence-electron chi connectivity index (χ3n) is 2.14. The van der Waals surface area contributed by atoms with E-state index in [1.165, 1.54) is 18.3 Å². The van der Waals surface area contributed by atoms with Gasteiger partial charge in [-0.05, 0) is 13.8 Å². The van der Waals surface area contributed by atoms with Crippen LogP contribution in [0.25, 0.3) is 0 Å². The second-order valence-electron chi connectivity index (χ2n) is 3.59. The number of carbonyl (C=O) groups is 2. The Balaban J connectivity index is 2.66. The first-order valence-corrected chi connectivity index (χ1v) is 6.51. The molecule has 2 amide bonds. The molecule has 0 aliphatic heterocycles. The summed E-state index contributed by atoms with van der Waals surface area (Å²) < 4.78 is 0. The summed E-state index contributed by atoms with van der Waals surface area (Å²) in [6.07, 6.45) is 0. The smallest absolute Gasteiger partial charge is 0.249 e. The zero-order valence-corrected chi connectivity index (χ0v) is 11.6. The van der Waals surface area contributed by atoms with Gasteiger partial charge in [0.15, 0.2) is 5.13 Å². The van der Waals surface area contributed by atoms with Crippen LogP contribution in [0.2, 0.25) is 0 Å². The third kappa shape index (κ3) is 4.01. The Morgan fingerprint density at radius 2 is 2.12 bits per heavy atom. The van der Waals surface area contributed by atoms with Crippen LogP contribution >= 0.6 is 24.0 Å². The fraction of sp³-hybridized carbons (Fsp3) is 0.500. The van der Waals surface area contributed by atoms with Crippen LogP contribution in [0.5, 0.6) is 0 Å². The average molecular weight is 273 g/mol. The minimum absolute atomic E-state index is 0.245. The summed E-state index contributed by atoms with van der Waals surface area (Å²) >= 11 is 5.44. The van der Waals surface area contributed by atoms with Gasteiger partial charge in [-0.1, -0.05) is 0 Å². The summed E-state index contributed by atoms with van der Waals surface area (Å²) in [5.74, 6) is -0.316. The largest absolute Gasteiger partial charge is 0.344 e. The molecule has 1 unspecified atom stereocenters. The molecule has 94 valence electrons. The van der Waals surface area contributed by atoms with Crippen LogP contribution in [0.4, 0.5) is 5.13 Å². The van der Waals surface area contributed by atoms with Gasteiger partial charge in [-0.25, -0.2) is 4.98 Å². The van der Waals surface area contributed by atoms with Crippen LogP contribution in [0, 0.1) is 13.8 Å². The van der Waals surface area contributed by atoms with Crippen LogP contribution < -0.4 is 10.6 Å². The van der Waals surface area contributed by atoms with Gasteiger partial charge >= 0.3 is 0 Å². The van der Waals surface area contributed by atoms with E-state index in [0.717, 1.165) is 10.6 Å². The molecule has 0 fully saturated rings. The molecule has 0 aliphatic rings. The van der Waals surface area contributed by atoms with Crippen molar-refractivity contribution in [2.75, 3.05) is 11.1 Å². The van der Waals surface area contributed by atoms with Gasteiger partial charge in [-0.15, -0.1) is 11.3 Å². The van der Waals surface area contributed by atoms with E-state index in [0.29, 0.717) is 5.13 Å². The standard InChI is InChI=1S/C10H15N3O2S2/c1-5-6(2)17-10(11-5)13-9(15)8(4-16)12-7(3)14/h8,16H,4H2,1-3H3,(H,12,14)(H,11,13,15). The van der Waals surface area contributed by atoms with E-state index in [1.54, 1.807) is 0 Å². The Bertz CT molecular complexity index is 412. The van der Waals surface area contributed by atoms with E-state index in [1.807, 2.05) is 13.8 Å². The van der Waals surface area contributed by atoms with E-state index >= 15 is 0 Å². The molecule has 1 rings (SSSR count). The number of nitrogens with one attached hydrogen (secondary N) is 2. The highest BCUT2D eigenvalue weighted by Crippen LogP contribution is 2.21. The first-order chi connectivity index (χ1) is 7.93. The van der Waals surface area contributed by atoms with E-state index in [4.69, 9.17) is 0 Å². The number of amides is 2. The van der Waals surface area contributed by atoms with E-state index in [9.17, 15) is 9.59 Å². The summed E-state index contributed by atoms with van der Waals surface area (Å²) in [6, 6.07) is -0.639. The molecular weight excluding hydrogens is 258 g/mol. The number of nitrogens with zero attached hydrogens (tertiary/aromatic N) is 1. The van der Waals surface area contributed by atoms with Crippen molar-refractivity contribution in [2.45, 2.75) is 26.8 Å². The van der Waals surface area contributed by atoms with Crippen LogP contribution in [-0.2, 0) is 9.59 Å². The Morgan fingerprint density at radius 3 is 2.53 bits per heavy atom. The van der Waals surface area contributed by atoms with Crippen molar-refractivity contribution in [1.29, 1.82) is 0 Å². The second kappa shape index (κ2) is 6.02. The molecule has 17 heavy (non-hydrogen) atoms. The molecule has 1 heterocycles. The molecule has 1 aromatic rings. The minimum Gasteiger partial charge on any atom is -0.344 e. The molecule has 1 atom stereocenters. The van der Waals surface area contributed by atoms with E-state index in [-0.39, 0.29) is 17.6 Å². The molecule has 2 N–H and O–H groups in total. The number of aromatic nitrogens is 1. The number of rotatable bonds is 4. The van der Waals surface area contributed by atoms with Crippen molar-refractivity contribution < 1.29 is 9.59 Å². The Hall–Kier alpha value is -1.08.